The Hall–Kier alpha value is -1.19. The number of likely N-dealkylation sites (N-methyl/N-ethyl adjacent to an activating group) is 1. The fourth-order valence-corrected chi connectivity index (χ4v) is 1.93. The van der Waals surface area contributed by atoms with Crippen molar-refractivity contribution in [2.24, 2.45) is 0 Å². The second-order valence-corrected chi connectivity index (χ2v) is 5.22. The summed E-state index contributed by atoms with van der Waals surface area (Å²) in [6, 6.07) is 7.57. The van der Waals surface area contributed by atoms with Gasteiger partial charge in [-0.1, -0.05) is 24.3 Å². The highest BCUT2D eigenvalue weighted by atomic mass is 16.3. The summed E-state index contributed by atoms with van der Waals surface area (Å²) in [6.07, 6.45) is 0. The third-order valence-corrected chi connectivity index (χ3v) is 2.52. The van der Waals surface area contributed by atoms with Crippen molar-refractivity contribution in [3.05, 3.63) is 35.4 Å². The van der Waals surface area contributed by atoms with Gasteiger partial charge in [-0.05, 0) is 33.4 Å². The van der Waals surface area contributed by atoms with Gasteiger partial charge in [0.15, 0.2) is 5.78 Å². The van der Waals surface area contributed by atoms with E-state index >= 15 is 0 Å². The van der Waals surface area contributed by atoms with Crippen molar-refractivity contribution in [2.45, 2.75) is 26.4 Å². The molecule has 0 aromatic heterocycles. The standard InChI is InChI=1S/C14H21NO2/c1-11-7-5-6-8-12(11)13(16)9-15(4)10-14(2,3)17/h5-8,17H,9-10H2,1-4H3. The molecule has 17 heavy (non-hydrogen) atoms. The number of carbonyl (C=O) groups is 1. The quantitative estimate of drug-likeness (QED) is 0.792. The SMILES string of the molecule is Cc1ccccc1C(=O)CN(C)CC(C)(C)O. The molecule has 0 amide bonds. The maximum Gasteiger partial charge on any atom is 0.177 e. The van der Waals surface area contributed by atoms with Gasteiger partial charge in [-0.15, -0.1) is 0 Å². The average Bonchev–Trinajstić information content (AvgIpc) is 2.14. The molecule has 1 rings (SSSR count). The van der Waals surface area contributed by atoms with Crippen LogP contribution in [0.15, 0.2) is 24.3 Å². The fraction of sp³-hybridized carbons (Fsp3) is 0.500. The normalized spacial score (nSPS) is 11.9. The van der Waals surface area contributed by atoms with Crippen LogP contribution in [0.2, 0.25) is 0 Å². The van der Waals surface area contributed by atoms with Crippen molar-refractivity contribution < 1.29 is 9.90 Å². The Kier molecular flexibility index (Phi) is 4.43. The Balaban J connectivity index is 2.64. The molecule has 94 valence electrons. The number of nitrogens with zero attached hydrogens (tertiary/aromatic N) is 1. The molecule has 3 nitrogen and oxygen atoms in total. The highest BCUT2D eigenvalue weighted by molar-refractivity contribution is 5.98. The summed E-state index contributed by atoms with van der Waals surface area (Å²) in [6.45, 7) is 6.21. The minimum absolute atomic E-state index is 0.0925. The molecule has 1 aromatic carbocycles. The zero-order chi connectivity index (χ0) is 13.1. The number of hydrogen-bond acceptors (Lipinski definition) is 3. The molecule has 0 saturated carbocycles. The van der Waals surface area contributed by atoms with Gasteiger partial charge in [-0.3, -0.25) is 9.69 Å². The first kappa shape index (κ1) is 13.9. The third kappa shape index (κ3) is 4.67. The van der Waals surface area contributed by atoms with Crippen LogP contribution < -0.4 is 0 Å². The number of aliphatic hydroxyl groups is 1. The first-order chi connectivity index (χ1) is 7.79. The summed E-state index contributed by atoms with van der Waals surface area (Å²) < 4.78 is 0. The first-order valence-corrected chi connectivity index (χ1v) is 5.79. The number of carbonyl (C=O) groups excluding carboxylic acids is 1. The Morgan fingerprint density at radius 1 is 1.35 bits per heavy atom. The number of hydrogen-bond donors (Lipinski definition) is 1. The van der Waals surface area contributed by atoms with Crippen LogP contribution in [0.5, 0.6) is 0 Å². The first-order valence-electron chi connectivity index (χ1n) is 5.79. The Bertz CT molecular complexity index is 393. The zero-order valence-corrected chi connectivity index (χ0v) is 11.0. The summed E-state index contributed by atoms with van der Waals surface area (Å²) in [4.78, 5) is 13.9. The smallest absolute Gasteiger partial charge is 0.177 e. The minimum atomic E-state index is -0.777. The van der Waals surface area contributed by atoms with Crippen LogP contribution in [-0.2, 0) is 0 Å². The third-order valence-electron chi connectivity index (χ3n) is 2.52. The largest absolute Gasteiger partial charge is 0.389 e. The number of ketones is 1. The highest BCUT2D eigenvalue weighted by Crippen LogP contribution is 2.09. The van der Waals surface area contributed by atoms with Gasteiger partial charge < -0.3 is 5.11 Å². The van der Waals surface area contributed by atoms with Crippen LogP contribution in [0.1, 0.15) is 29.8 Å². The highest BCUT2D eigenvalue weighted by Gasteiger charge is 2.18. The van der Waals surface area contributed by atoms with Gasteiger partial charge in [-0.2, -0.15) is 0 Å². The average molecular weight is 235 g/mol. The predicted molar refractivity (Wildman–Crippen MR) is 69.3 cm³/mol. The van der Waals surface area contributed by atoms with E-state index in [4.69, 9.17) is 0 Å². The van der Waals surface area contributed by atoms with Crippen LogP contribution in [0, 0.1) is 6.92 Å². The van der Waals surface area contributed by atoms with Crippen molar-refractivity contribution in [1.29, 1.82) is 0 Å². The molecule has 0 aliphatic carbocycles. The van der Waals surface area contributed by atoms with E-state index in [0.717, 1.165) is 11.1 Å². The molecule has 0 aliphatic rings. The predicted octanol–water partition coefficient (Wildman–Crippen LogP) is 1.88. The lowest BCUT2D eigenvalue weighted by Crippen LogP contribution is -2.38. The summed E-state index contributed by atoms with van der Waals surface area (Å²) >= 11 is 0. The number of benzene rings is 1. The van der Waals surface area contributed by atoms with Crippen LogP contribution in [0.3, 0.4) is 0 Å². The second-order valence-electron chi connectivity index (χ2n) is 5.22. The van der Waals surface area contributed by atoms with E-state index in [1.807, 2.05) is 43.1 Å². The topological polar surface area (TPSA) is 40.5 Å². The van der Waals surface area contributed by atoms with Gasteiger partial charge >= 0.3 is 0 Å². The van der Waals surface area contributed by atoms with E-state index in [0.29, 0.717) is 13.1 Å². The molecule has 0 radical (unpaired) electrons. The molecule has 0 unspecified atom stereocenters. The maximum absolute atomic E-state index is 12.0. The molecule has 0 fully saturated rings. The lowest BCUT2D eigenvalue weighted by Gasteiger charge is -2.24. The number of rotatable bonds is 5. The van der Waals surface area contributed by atoms with Crippen molar-refractivity contribution in [3.63, 3.8) is 0 Å². The summed E-state index contributed by atoms with van der Waals surface area (Å²) in [5, 5.41) is 9.67. The monoisotopic (exact) mass is 235 g/mol. The van der Waals surface area contributed by atoms with Crippen LogP contribution in [0.25, 0.3) is 0 Å². The molecular formula is C14H21NO2. The second kappa shape index (κ2) is 5.43. The molecule has 0 bridgehead atoms. The Labute approximate surface area is 103 Å². The molecule has 3 heteroatoms. The van der Waals surface area contributed by atoms with Gasteiger partial charge in [0.2, 0.25) is 0 Å². The molecule has 0 saturated heterocycles. The van der Waals surface area contributed by atoms with Gasteiger partial charge in [-0.25, -0.2) is 0 Å². The van der Waals surface area contributed by atoms with Crippen molar-refractivity contribution in [2.75, 3.05) is 20.1 Å². The van der Waals surface area contributed by atoms with E-state index < -0.39 is 5.60 Å². The Morgan fingerprint density at radius 2 is 1.94 bits per heavy atom. The van der Waals surface area contributed by atoms with E-state index in [-0.39, 0.29) is 5.78 Å². The molecule has 1 N–H and O–H groups in total. The van der Waals surface area contributed by atoms with Gasteiger partial charge in [0.1, 0.15) is 0 Å². The van der Waals surface area contributed by atoms with E-state index in [1.165, 1.54) is 0 Å². The van der Waals surface area contributed by atoms with Crippen molar-refractivity contribution in [3.8, 4) is 0 Å². The molecule has 0 aliphatic heterocycles. The van der Waals surface area contributed by atoms with Gasteiger partial charge in [0, 0.05) is 12.1 Å². The van der Waals surface area contributed by atoms with E-state index in [9.17, 15) is 9.90 Å². The van der Waals surface area contributed by atoms with Crippen LogP contribution in [-0.4, -0.2) is 41.5 Å². The fourth-order valence-electron chi connectivity index (χ4n) is 1.93. The lowest BCUT2D eigenvalue weighted by atomic mass is 10.0. The lowest BCUT2D eigenvalue weighted by molar-refractivity contribution is 0.0439. The van der Waals surface area contributed by atoms with Gasteiger partial charge in [0.25, 0.3) is 0 Å². The van der Waals surface area contributed by atoms with Crippen LogP contribution in [0.4, 0.5) is 0 Å². The molecule has 1 aromatic rings. The summed E-state index contributed by atoms with van der Waals surface area (Å²) in [5.41, 5.74) is 0.977. The zero-order valence-electron chi connectivity index (χ0n) is 11.0. The number of Topliss-reactive ketones (excluding diaryl/α,β-unsaturated/α-hetero) is 1. The molecule has 0 spiro atoms. The van der Waals surface area contributed by atoms with Crippen LogP contribution >= 0.6 is 0 Å². The molecule has 0 atom stereocenters. The summed E-state index contributed by atoms with van der Waals surface area (Å²) in [5.74, 6) is 0.0925. The van der Waals surface area contributed by atoms with Crippen molar-refractivity contribution >= 4 is 5.78 Å². The summed E-state index contributed by atoms with van der Waals surface area (Å²) in [7, 11) is 1.84. The van der Waals surface area contributed by atoms with E-state index in [2.05, 4.69) is 0 Å². The molecular weight excluding hydrogens is 214 g/mol. The van der Waals surface area contributed by atoms with Crippen molar-refractivity contribution in [1.82, 2.24) is 4.90 Å². The number of aryl methyl sites for hydroxylation is 1. The van der Waals surface area contributed by atoms with E-state index in [1.54, 1.807) is 13.8 Å². The Morgan fingerprint density at radius 3 is 2.47 bits per heavy atom. The molecule has 0 heterocycles. The minimum Gasteiger partial charge on any atom is -0.389 e. The maximum atomic E-state index is 12.0. The van der Waals surface area contributed by atoms with Gasteiger partial charge in [0.05, 0.1) is 12.1 Å².